The third kappa shape index (κ3) is 2.83. The first kappa shape index (κ1) is 13.7. The lowest BCUT2D eigenvalue weighted by Gasteiger charge is -2.17. The number of methoxy groups -OCH3 is 2. The van der Waals surface area contributed by atoms with Gasteiger partial charge in [-0.1, -0.05) is 35.9 Å². The third-order valence-corrected chi connectivity index (χ3v) is 3.13. The summed E-state index contributed by atoms with van der Waals surface area (Å²) in [7, 11) is 3.11. The zero-order valence-corrected chi connectivity index (χ0v) is 11.5. The van der Waals surface area contributed by atoms with E-state index in [2.05, 4.69) is 0 Å². The molecule has 0 spiro atoms. The van der Waals surface area contributed by atoms with E-state index in [4.69, 9.17) is 21.1 Å². The molecule has 1 unspecified atom stereocenters. The highest BCUT2D eigenvalue weighted by atomic mass is 35.5. The molecule has 0 amide bonds. The minimum Gasteiger partial charge on any atom is -0.493 e. The van der Waals surface area contributed by atoms with Gasteiger partial charge in [-0.3, -0.25) is 0 Å². The zero-order valence-electron chi connectivity index (χ0n) is 10.8. The molecule has 0 heterocycles. The van der Waals surface area contributed by atoms with Crippen LogP contribution in [0.25, 0.3) is 0 Å². The van der Waals surface area contributed by atoms with Crippen molar-refractivity contribution in [1.29, 1.82) is 0 Å². The molecule has 0 saturated carbocycles. The Morgan fingerprint density at radius 2 is 1.79 bits per heavy atom. The maximum atomic E-state index is 10.5. The molecule has 0 aliphatic heterocycles. The smallest absolute Gasteiger partial charge is 0.166 e. The van der Waals surface area contributed by atoms with Crippen molar-refractivity contribution in [3.63, 3.8) is 0 Å². The Morgan fingerprint density at radius 3 is 2.42 bits per heavy atom. The Morgan fingerprint density at radius 1 is 1.05 bits per heavy atom. The number of hydrogen-bond donors (Lipinski definition) is 1. The van der Waals surface area contributed by atoms with Crippen molar-refractivity contribution in [2.45, 2.75) is 6.10 Å². The molecule has 0 aliphatic carbocycles. The van der Waals surface area contributed by atoms with Crippen LogP contribution in [0.1, 0.15) is 17.2 Å². The molecule has 1 atom stereocenters. The molecule has 0 saturated heterocycles. The Kier molecular flexibility index (Phi) is 4.30. The SMILES string of the molecule is COc1cccc(C(O)c2cccc(Cl)c2)c1OC. The first-order valence-electron chi connectivity index (χ1n) is 5.81. The summed E-state index contributed by atoms with van der Waals surface area (Å²) in [5, 5.41) is 11.0. The summed E-state index contributed by atoms with van der Waals surface area (Å²) in [5.74, 6) is 1.11. The summed E-state index contributed by atoms with van der Waals surface area (Å²) in [5.41, 5.74) is 1.35. The summed E-state index contributed by atoms with van der Waals surface area (Å²) in [6.07, 6.45) is -0.816. The number of aliphatic hydroxyl groups excluding tert-OH is 1. The van der Waals surface area contributed by atoms with E-state index in [-0.39, 0.29) is 0 Å². The highest BCUT2D eigenvalue weighted by molar-refractivity contribution is 6.30. The largest absolute Gasteiger partial charge is 0.493 e. The predicted octanol–water partition coefficient (Wildman–Crippen LogP) is 3.44. The number of ether oxygens (including phenoxy) is 2. The summed E-state index contributed by atoms with van der Waals surface area (Å²) in [6.45, 7) is 0. The van der Waals surface area contributed by atoms with Gasteiger partial charge in [-0.05, 0) is 23.8 Å². The number of hydrogen-bond acceptors (Lipinski definition) is 3. The van der Waals surface area contributed by atoms with Gasteiger partial charge < -0.3 is 14.6 Å². The summed E-state index contributed by atoms with van der Waals surface area (Å²) in [4.78, 5) is 0. The monoisotopic (exact) mass is 278 g/mol. The van der Waals surface area contributed by atoms with Crippen LogP contribution in [-0.4, -0.2) is 19.3 Å². The Labute approximate surface area is 117 Å². The van der Waals surface area contributed by atoms with Gasteiger partial charge in [-0.2, -0.15) is 0 Å². The molecule has 19 heavy (non-hydrogen) atoms. The molecule has 1 N–H and O–H groups in total. The second-order valence-electron chi connectivity index (χ2n) is 4.04. The molecule has 0 aliphatic rings. The van der Waals surface area contributed by atoms with E-state index in [1.165, 1.54) is 0 Å². The van der Waals surface area contributed by atoms with Crippen molar-refractivity contribution < 1.29 is 14.6 Å². The quantitative estimate of drug-likeness (QED) is 0.931. The summed E-state index contributed by atoms with van der Waals surface area (Å²) < 4.78 is 10.5. The van der Waals surface area contributed by atoms with Crippen molar-refractivity contribution in [2.24, 2.45) is 0 Å². The molecule has 3 nitrogen and oxygen atoms in total. The van der Waals surface area contributed by atoms with Crippen LogP contribution in [0.15, 0.2) is 42.5 Å². The Hall–Kier alpha value is -1.71. The molecule has 2 aromatic carbocycles. The van der Waals surface area contributed by atoms with E-state index in [1.807, 2.05) is 12.1 Å². The number of rotatable bonds is 4. The fraction of sp³-hybridized carbons (Fsp3) is 0.200. The van der Waals surface area contributed by atoms with Crippen molar-refractivity contribution in [3.8, 4) is 11.5 Å². The number of para-hydroxylation sites is 1. The van der Waals surface area contributed by atoms with Gasteiger partial charge in [0.15, 0.2) is 11.5 Å². The van der Waals surface area contributed by atoms with Crippen molar-refractivity contribution >= 4 is 11.6 Å². The van der Waals surface area contributed by atoms with E-state index in [0.29, 0.717) is 27.6 Å². The topological polar surface area (TPSA) is 38.7 Å². The van der Waals surface area contributed by atoms with Crippen LogP contribution in [0.4, 0.5) is 0 Å². The molecule has 100 valence electrons. The van der Waals surface area contributed by atoms with E-state index < -0.39 is 6.10 Å². The standard InChI is InChI=1S/C15H15ClO3/c1-18-13-8-4-7-12(15(13)19-2)14(17)10-5-3-6-11(16)9-10/h3-9,14,17H,1-2H3. The van der Waals surface area contributed by atoms with Crippen LogP contribution in [0.5, 0.6) is 11.5 Å². The molecule has 2 aromatic rings. The average Bonchev–Trinajstić information content (AvgIpc) is 2.45. The summed E-state index contributed by atoms with van der Waals surface area (Å²) >= 11 is 5.94. The normalized spacial score (nSPS) is 12.0. The lowest BCUT2D eigenvalue weighted by atomic mass is 10.0. The first-order chi connectivity index (χ1) is 9.17. The lowest BCUT2D eigenvalue weighted by molar-refractivity contribution is 0.213. The van der Waals surface area contributed by atoms with Crippen LogP contribution in [0.3, 0.4) is 0 Å². The maximum absolute atomic E-state index is 10.5. The van der Waals surface area contributed by atoms with Gasteiger partial charge in [-0.15, -0.1) is 0 Å². The van der Waals surface area contributed by atoms with Crippen molar-refractivity contribution in [2.75, 3.05) is 14.2 Å². The maximum Gasteiger partial charge on any atom is 0.166 e. The van der Waals surface area contributed by atoms with Crippen LogP contribution in [0, 0.1) is 0 Å². The van der Waals surface area contributed by atoms with Crippen LogP contribution in [-0.2, 0) is 0 Å². The van der Waals surface area contributed by atoms with Gasteiger partial charge in [0.05, 0.1) is 14.2 Å². The minimum absolute atomic E-state index is 0.525. The second-order valence-corrected chi connectivity index (χ2v) is 4.48. The zero-order chi connectivity index (χ0) is 13.8. The fourth-order valence-corrected chi connectivity index (χ4v) is 2.18. The van der Waals surface area contributed by atoms with Gasteiger partial charge in [0.1, 0.15) is 6.10 Å². The van der Waals surface area contributed by atoms with E-state index in [0.717, 1.165) is 0 Å². The molecule has 0 radical (unpaired) electrons. The van der Waals surface area contributed by atoms with Crippen molar-refractivity contribution in [1.82, 2.24) is 0 Å². The molecular formula is C15H15ClO3. The van der Waals surface area contributed by atoms with Crippen LogP contribution in [0.2, 0.25) is 5.02 Å². The van der Waals surface area contributed by atoms with Crippen molar-refractivity contribution in [3.05, 3.63) is 58.6 Å². The molecule has 0 fully saturated rings. The average molecular weight is 279 g/mol. The van der Waals surface area contributed by atoms with Gasteiger partial charge >= 0.3 is 0 Å². The lowest BCUT2D eigenvalue weighted by Crippen LogP contribution is -2.03. The number of halogens is 1. The molecular weight excluding hydrogens is 264 g/mol. The molecule has 0 aromatic heterocycles. The predicted molar refractivity (Wildman–Crippen MR) is 75.1 cm³/mol. The highest BCUT2D eigenvalue weighted by Crippen LogP contribution is 2.37. The molecule has 0 bridgehead atoms. The highest BCUT2D eigenvalue weighted by Gasteiger charge is 2.18. The first-order valence-corrected chi connectivity index (χ1v) is 6.19. The molecule has 2 rings (SSSR count). The minimum atomic E-state index is -0.816. The third-order valence-electron chi connectivity index (χ3n) is 2.89. The van der Waals surface area contributed by atoms with Gasteiger partial charge in [0.25, 0.3) is 0 Å². The van der Waals surface area contributed by atoms with E-state index >= 15 is 0 Å². The van der Waals surface area contributed by atoms with Gasteiger partial charge in [0.2, 0.25) is 0 Å². The van der Waals surface area contributed by atoms with E-state index in [1.54, 1.807) is 44.6 Å². The number of benzene rings is 2. The van der Waals surface area contributed by atoms with Crippen LogP contribution >= 0.6 is 11.6 Å². The van der Waals surface area contributed by atoms with Gasteiger partial charge in [0, 0.05) is 10.6 Å². The number of aliphatic hydroxyl groups is 1. The Balaban J connectivity index is 2.46. The van der Waals surface area contributed by atoms with Gasteiger partial charge in [-0.25, -0.2) is 0 Å². The fourth-order valence-electron chi connectivity index (χ4n) is 1.98. The van der Waals surface area contributed by atoms with E-state index in [9.17, 15) is 5.11 Å². The second kappa shape index (κ2) is 5.95. The van der Waals surface area contributed by atoms with Crippen LogP contribution < -0.4 is 9.47 Å². The summed E-state index contributed by atoms with van der Waals surface area (Å²) in [6, 6.07) is 12.5. The molecule has 4 heteroatoms. The Bertz CT molecular complexity index is 569.